The van der Waals surface area contributed by atoms with Gasteiger partial charge in [-0.05, 0) is 75.0 Å². The number of carbonyl (C=O) groups is 1. The van der Waals surface area contributed by atoms with Crippen molar-refractivity contribution in [3.05, 3.63) is 65.1 Å². The molecule has 2 heterocycles. The number of piperidine rings is 1. The molecule has 1 aliphatic rings. The Morgan fingerprint density at radius 2 is 1.87 bits per heavy atom. The number of carbonyl (C=O) groups excluding carboxylic acids is 1. The van der Waals surface area contributed by atoms with Crippen molar-refractivity contribution < 1.29 is 37.0 Å². The Kier molecular flexibility index (Phi) is 8.91. The lowest BCUT2D eigenvalue weighted by Crippen LogP contribution is -2.49. The second kappa shape index (κ2) is 12.2. The molecule has 1 aromatic heterocycles. The van der Waals surface area contributed by atoms with Crippen molar-refractivity contribution in [2.75, 3.05) is 33.4 Å². The minimum Gasteiger partial charge on any atom is -0.497 e. The molecule has 0 bridgehead atoms. The predicted octanol–water partition coefficient (Wildman–Crippen LogP) is 5.43. The van der Waals surface area contributed by atoms with Crippen LogP contribution in [-0.2, 0) is 4.79 Å². The highest BCUT2D eigenvalue weighted by Gasteiger charge is 2.41. The summed E-state index contributed by atoms with van der Waals surface area (Å²) in [6.45, 7) is 2.90. The molecule has 2 aromatic carbocycles. The number of nitrogens with zero attached hydrogens (tertiary/aromatic N) is 2. The van der Waals surface area contributed by atoms with Gasteiger partial charge in [0.1, 0.15) is 24.3 Å². The van der Waals surface area contributed by atoms with Crippen LogP contribution in [0, 0.1) is 29.8 Å². The number of fused-ring (bicyclic) bond motifs is 1. The summed E-state index contributed by atoms with van der Waals surface area (Å²) in [5, 5.41) is 10.1. The summed E-state index contributed by atoms with van der Waals surface area (Å²) < 4.78 is 67.0. The van der Waals surface area contributed by atoms with Crippen LogP contribution < -0.4 is 15.0 Å². The fraction of sp³-hybridized carbons (Fsp3) is 0.429. The third kappa shape index (κ3) is 6.25. The fourth-order valence-corrected chi connectivity index (χ4v) is 5.24. The standard InChI is InChI=1S/C28H31F4N3O4/c1-17-16-33-24-4-3-19(38-2)15-20(24)25(17)21(30)5-6-28(27(36)34-37)7-9-35(10-8-28)11-12-39-26-22(31)13-18(29)14-23(26)32/h3-4,13-16,21,37H,5-12H2,1-2H3,(H,34,36). The fourth-order valence-electron chi connectivity index (χ4n) is 5.24. The number of pyridine rings is 1. The largest absolute Gasteiger partial charge is 0.497 e. The average molecular weight is 550 g/mol. The Hall–Kier alpha value is -3.44. The van der Waals surface area contributed by atoms with E-state index in [-0.39, 0.29) is 19.4 Å². The molecule has 11 heteroatoms. The highest BCUT2D eigenvalue weighted by atomic mass is 19.1. The molecule has 39 heavy (non-hydrogen) atoms. The normalized spacial score (nSPS) is 16.2. The van der Waals surface area contributed by atoms with Crippen LogP contribution in [0.3, 0.4) is 0 Å². The minimum atomic E-state index is -1.38. The van der Waals surface area contributed by atoms with Gasteiger partial charge < -0.3 is 9.47 Å². The first kappa shape index (κ1) is 28.6. The van der Waals surface area contributed by atoms with Gasteiger partial charge in [-0.2, -0.15) is 0 Å². The van der Waals surface area contributed by atoms with E-state index in [0.29, 0.717) is 72.4 Å². The van der Waals surface area contributed by atoms with Crippen molar-refractivity contribution in [1.29, 1.82) is 0 Å². The molecule has 1 aliphatic heterocycles. The number of rotatable bonds is 10. The van der Waals surface area contributed by atoms with Crippen LogP contribution in [0.25, 0.3) is 10.9 Å². The maximum absolute atomic E-state index is 15.8. The SMILES string of the molecule is COc1ccc2ncc(C)c(C(F)CCC3(C(=O)NO)CCN(CCOc4c(F)cc(F)cc4F)CC3)c2c1. The van der Waals surface area contributed by atoms with Gasteiger partial charge in [0.25, 0.3) is 0 Å². The maximum Gasteiger partial charge on any atom is 0.249 e. The number of hydrogen-bond acceptors (Lipinski definition) is 6. The van der Waals surface area contributed by atoms with Crippen molar-refractivity contribution in [3.63, 3.8) is 0 Å². The molecule has 1 saturated heterocycles. The molecule has 7 nitrogen and oxygen atoms in total. The Bertz CT molecular complexity index is 1310. The number of amides is 1. The number of halogens is 4. The highest BCUT2D eigenvalue weighted by Crippen LogP contribution is 2.41. The van der Waals surface area contributed by atoms with Crippen molar-refractivity contribution in [1.82, 2.24) is 15.4 Å². The Balaban J connectivity index is 1.40. The van der Waals surface area contributed by atoms with Crippen molar-refractivity contribution in [3.8, 4) is 11.5 Å². The quantitative estimate of drug-likeness (QED) is 0.200. The van der Waals surface area contributed by atoms with E-state index in [0.717, 1.165) is 0 Å². The van der Waals surface area contributed by atoms with Gasteiger partial charge >= 0.3 is 0 Å². The number of hydrogen-bond donors (Lipinski definition) is 2. The molecule has 0 spiro atoms. The second-order valence-electron chi connectivity index (χ2n) is 9.85. The summed E-state index contributed by atoms with van der Waals surface area (Å²) >= 11 is 0. The second-order valence-corrected chi connectivity index (χ2v) is 9.85. The van der Waals surface area contributed by atoms with E-state index < -0.39 is 40.7 Å². The van der Waals surface area contributed by atoms with Gasteiger partial charge in [0.05, 0.1) is 18.0 Å². The molecular weight excluding hydrogens is 518 g/mol. The lowest BCUT2D eigenvalue weighted by molar-refractivity contribution is -0.143. The summed E-state index contributed by atoms with van der Waals surface area (Å²) in [5.74, 6) is -3.91. The van der Waals surface area contributed by atoms with Crippen LogP contribution >= 0.6 is 0 Å². The molecule has 3 aromatic rings. The van der Waals surface area contributed by atoms with Gasteiger partial charge in [0, 0.05) is 30.3 Å². The number of benzene rings is 2. The summed E-state index contributed by atoms with van der Waals surface area (Å²) in [6, 6.07) is 6.37. The van der Waals surface area contributed by atoms with E-state index in [4.69, 9.17) is 9.47 Å². The van der Waals surface area contributed by atoms with E-state index in [9.17, 15) is 23.2 Å². The van der Waals surface area contributed by atoms with E-state index in [1.807, 2.05) is 4.90 Å². The number of nitrogens with one attached hydrogen (secondary N) is 1. The first-order valence-electron chi connectivity index (χ1n) is 12.7. The van der Waals surface area contributed by atoms with Gasteiger partial charge in [0.2, 0.25) is 5.91 Å². The molecule has 1 unspecified atom stereocenters. The lowest BCUT2D eigenvalue weighted by atomic mass is 9.73. The summed E-state index contributed by atoms with van der Waals surface area (Å²) in [4.78, 5) is 19.1. The molecule has 0 aliphatic carbocycles. The molecule has 1 fully saturated rings. The first-order valence-corrected chi connectivity index (χ1v) is 12.7. The van der Waals surface area contributed by atoms with Gasteiger partial charge in [0.15, 0.2) is 17.4 Å². The highest BCUT2D eigenvalue weighted by molar-refractivity contribution is 5.85. The number of methoxy groups -OCH3 is 1. The molecule has 1 atom stereocenters. The van der Waals surface area contributed by atoms with Crippen LogP contribution in [0.2, 0.25) is 0 Å². The van der Waals surface area contributed by atoms with Crippen LogP contribution in [0.4, 0.5) is 17.6 Å². The van der Waals surface area contributed by atoms with Crippen molar-refractivity contribution >= 4 is 16.8 Å². The molecule has 4 rings (SSSR count). The zero-order valence-electron chi connectivity index (χ0n) is 21.8. The van der Waals surface area contributed by atoms with Crippen LogP contribution in [0.1, 0.15) is 43.0 Å². The van der Waals surface area contributed by atoms with Crippen LogP contribution in [-0.4, -0.2) is 54.3 Å². The van der Waals surface area contributed by atoms with Crippen molar-refractivity contribution in [2.24, 2.45) is 5.41 Å². The first-order chi connectivity index (χ1) is 18.7. The molecule has 0 saturated carbocycles. The molecular formula is C28H31F4N3O4. The van der Waals surface area contributed by atoms with E-state index in [2.05, 4.69) is 4.98 Å². The topological polar surface area (TPSA) is 83.9 Å². The molecule has 210 valence electrons. The third-order valence-corrected chi connectivity index (χ3v) is 7.52. The zero-order valence-corrected chi connectivity index (χ0v) is 21.8. The molecule has 1 amide bonds. The number of ether oxygens (including phenoxy) is 2. The monoisotopic (exact) mass is 549 g/mol. The van der Waals surface area contributed by atoms with E-state index >= 15 is 4.39 Å². The average Bonchev–Trinajstić information content (AvgIpc) is 2.93. The van der Waals surface area contributed by atoms with Gasteiger partial charge in [-0.25, -0.2) is 23.0 Å². The predicted molar refractivity (Wildman–Crippen MR) is 136 cm³/mol. The van der Waals surface area contributed by atoms with Gasteiger partial charge in [-0.15, -0.1) is 0 Å². The zero-order chi connectivity index (χ0) is 28.2. The number of alkyl halides is 1. The number of aromatic nitrogens is 1. The van der Waals surface area contributed by atoms with E-state index in [1.165, 1.54) is 7.11 Å². The number of aryl methyl sites for hydroxylation is 1. The maximum atomic E-state index is 15.8. The summed E-state index contributed by atoms with van der Waals surface area (Å²) in [6.07, 6.45) is 1.18. The van der Waals surface area contributed by atoms with Crippen molar-refractivity contribution in [2.45, 2.75) is 38.8 Å². The Morgan fingerprint density at radius 3 is 2.51 bits per heavy atom. The lowest BCUT2D eigenvalue weighted by Gasteiger charge is -2.40. The molecule has 2 N–H and O–H groups in total. The summed E-state index contributed by atoms with van der Waals surface area (Å²) in [7, 11) is 1.53. The minimum absolute atomic E-state index is 0.0524. The third-order valence-electron chi connectivity index (χ3n) is 7.52. The number of hydroxylamine groups is 1. The summed E-state index contributed by atoms with van der Waals surface area (Å²) in [5.41, 5.74) is 2.58. The Morgan fingerprint density at radius 1 is 1.18 bits per heavy atom. The van der Waals surface area contributed by atoms with Crippen LogP contribution in [0.15, 0.2) is 36.5 Å². The smallest absolute Gasteiger partial charge is 0.249 e. The van der Waals surface area contributed by atoms with E-state index in [1.54, 1.807) is 36.8 Å². The van der Waals surface area contributed by atoms with Gasteiger partial charge in [-0.3, -0.25) is 19.9 Å². The van der Waals surface area contributed by atoms with Crippen LogP contribution in [0.5, 0.6) is 11.5 Å². The number of likely N-dealkylation sites (tertiary alicyclic amines) is 1. The molecule has 0 radical (unpaired) electrons. The Labute approximate surface area is 223 Å². The van der Waals surface area contributed by atoms with Gasteiger partial charge in [-0.1, -0.05) is 0 Å².